The van der Waals surface area contributed by atoms with Crippen LogP contribution in [0.1, 0.15) is 44.6 Å². The van der Waals surface area contributed by atoms with Crippen molar-refractivity contribution in [3.05, 3.63) is 23.8 Å². The number of likely N-dealkylation sites (N-methyl/N-ethyl adjacent to an activating group) is 1. The van der Waals surface area contributed by atoms with Crippen LogP contribution in [0, 0.1) is 5.92 Å². The van der Waals surface area contributed by atoms with Gasteiger partial charge in [-0.2, -0.15) is 0 Å². The van der Waals surface area contributed by atoms with E-state index in [4.69, 9.17) is 14.3 Å². The number of carbonyl (C=O) groups is 1. The summed E-state index contributed by atoms with van der Waals surface area (Å²) in [6, 6.07) is 5.81. The minimum Gasteiger partial charge on any atom is -0.454 e. The van der Waals surface area contributed by atoms with E-state index >= 15 is 0 Å². The van der Waals surface area contributed by atoms with Crippen LogP contribution in [0.15, 0.2) is 23.4 Å². The van der Waals surface area contributed by atoms with Gasteiger partial charge in [0, 0.05) is 24.4 Å². The maximum atomic E-state index is 12.6. The average molecular weight is 344 g/mol. The fraction of sp³-hybridized carbons (Fsp3) is 0.579. The first-order valence-electron chi connectivity index (χ1n) is 9.16. The average Bonchev–Trinajstić information content (AvgIpc) is 3.39. The number of ether oxygens (including phenoxy) is 2. The molecule has 4 rings (SSSR count). The summed E-state index contributed by atoms with van der Waals surface area (Å²) in [4.78, 5) is 20.2. The number of amides is 1. The third-order valence-corrected chi connectivity index (χ3v) is 5.26. The Bertz CT molecular complexity index is 682. The molecule has 0 bridgehead atoms. The second-order valence-corrected chi connectivity index (χ2v) is 6.90. The van der Waals surface area contributed by atoms with Crippen molar-refractivity contribution < 1.29 is 19.1 Å². The van der Waals surface area contributed by atoms with E-state index < -0.39 is 0 Å². The van der Waals surface area contributed by atoms with Crippen molar-refractivity contribution in [2.24, 2.45) is 11.1 Å². The SMILES string of the molecule is CCN(C[C@H]1CC(c2ccc3c(c2)OCO3)=NO1)C(=O)C1CCCC1. The van der Waals surface area contributed by atoms with Crippen LogP contribution in [-0.4, -0.2) is 42.5 Å². The Morgan fingerprint density at radius 1 is 1.24 bits per heavy atom. The molecule has 0 N–H and O–H groups in total. The molecule has 134 valence electrons. The van der Waals surface area contributed by atoms with E-state index in [1.54, 1.807) is 0 Å². The zero-order chi connectivity index (χ0) is 17.2. The first kappa shape index (κ1) is 16.2. The summed E-state index contributed by atoms with van der Waals surface area (Å²) in [7, 11) is 0. The molecule has 0 spiro atoms. The molecule has 1 aromatic carbocycles. The zero-order valence-electron chi connectivity index (χ0n) is 14.6. The number of benzene rings is 1. The molecule has 0 aromatic heterocycles. The van der Waals surface area contributed by atoms with Crippen LogP contribution in [-0.2, 0) is 9.63 Å². The third kappa shape index (κ3) is 3.30. The molecule has 0 unspecified atom stereocenters. The third-order valence-electron chi connectivity index (χ3n) is 5.26. The maximum Gasteiger partial charge on any atom is 0.231 e. The molecule has 25 heavy (non-hydrogen) atoms. The van der Waals surface area contributed by atoms with Gasteiger partial charge in [0.1, 0.15) is 0 Å². The van der Waals surface area contributed by atoms with Gasteiger partial charge in [-0.1, -0.05) is 18.0 Å². The van der Waals surface area contributed by atoms with Crippen LogP contribution in [0.2, 0.25) is 0 Å². The smallest absolute Gasteiger partial charge is 0.231 e. The molecular formula is C19H24N2O4. The molecule has 6 heteroatoms. The van der Waals surface area contributed by atoms with E-state index in [0.717, 1.165) is 35.6 Å². The number of fused-ring (bicyclic) bond motifs is 1. The number of hydrogen-bond acceptors (Lipinski definition) is 5. The Morgan fingerprint density at radius 3 is 2.84 bits per heavy atom. The second-order valence-electron chi connectivity index (χ2n) is 6.90. The first-order valence-corrected chi connectivity index (χ1v) is 9.16. The van der Waals surface area contributed by atoms with Gasteiger partial charge >= 0.3 is 0 Å². The second kappa shape index (κ2) is 6.94. The molecule has 2 aliphatic heterocycles. The van der Waals surface area contributed by atoms with Gasteiger partial charge in [-0.25, -0.2) is 0 Å². The summed E-state index contributed by atoms with van der Waals surface area (Å²) in [6.45, 7) is 3.61. The highest BCUT2D eigenvalue weighted by atomic mass is 16.7. The minimum absolute atomic E-state index is 0.0780. The van der Waals surface area contributed by atoms with E-state index in [9.17, 15) is 4.79 Å². The molecule has 1 aromatic rings. The van der Waals surface area contributed by atoms with Gasteiger partial charge in [0.25, 0.3) is 0 Å². The predicted octanol–water partition coefficient (Wildman–Crippen LogP) is 2.95. The minimum atomic E-state index is -0.0780. The van der Waals surface area contributed by atoms with E-state index in [2.05, 4.69) is 5.16 Å². The normalized spacial score (nSPS) is 22.0. The Morgan fingerprint density at radius 2 is 2.04 bits per heavy atom. The van der Waals surface area contributed by atoms with Gasteiger partial charge in [0.2, 0.25) is 12.7 Å². The summed E-state index contributed by atoms with van der Waals surface area (Å²) in [6.07, 6.45) is 5.02. The summed E-state index contributed by atoms with van der Waals surface area (Å²) >= 11 is 0. The number of nitrogens with zero attached hydrogens (tertiary/aromatic N) is 2. The number of carbonyl (C=O) groups excluding carboxylic acids is 1. The topological polar surface area (TPSA) is 60.4 Å². The standard InChI is InChI=1S/C19H24N2O4/c1-2-21(19(22)13-5-3-4-6-13)11-15-10-16(20-25-15)14-7-8-17-18(9-14)24-12-23-17/h7-9,13,15H,2-6,10-12H2,1H3/t15-/m1/s1. The lowest BCUT2D eigenvalue weighted by Gasteiger charge is -2.26. The molecule has 3 aliphatic rings. The number of oxime groups is 1. The van der Waals surface area contributed by atoms with E-state index in [1.165, 1.54) is 12.8 Å². The van der Waals surface area contributed by atoms with Crippen molar-refractivity contribution >= 4 is 11.6 Å². The van der Waals surface area contributed by atoms with Crippen LogP contribution < -0.4 is 9.47 Å². The van der Waals surface area contributed by atoms with Crippen molar-refractivity contribution in [2.45, 2.75) is 45.1 Å². The fourth-order valence-electron chi connectivity index (χ4n) is 3.82. The van der Waals surface area contributed by atoms with Crippen molar-refractivity contribution in [3.8, 4) is 11.5 Å². The summed E-state index contributed by atoms with van der Waals surface area (Å²) in [5.74, 6) is 1.99. The number of hydrogen-bond donors (Lipinski definition) is 0. The zero-order valence-corrected chi connectivity index (χ0v) is 14.6. The van der Waals surface area contributed by atoms with Crippen LogP contribution in [0.5, 0.6) is 11.5 Å². The fourth-order valence-corrected chi connectivity index (χ4v) is 3.82. The predicted molar refractivity (Wildman–Crippen MR) is 92.8 cm³/mol. The van der Waals surface area contributed by atoms with Gasteiger partial charge < -0.3 is 19.2 Å². The van der Waals surface area contributed by atoms with E-state index in [-0.39, 0.29) is 24.7 Å². The summed E-state index contributed by atoms with van der Waals surface area (Å²) < 4.78 is 10.8. The molecule has 1 aliphatic carbocycles. The van der Waals surface area contributed by atoms with Crippen LogP contribution in [0.4, 0.5) is 0 Å². The van der Waals surface area contributed by atoms with Crippen LogP contribution in [0.25, 0.3) is 0 Å². The first-order chi connectivity index (χ1) is 12.2. The van der Waals surface area contributed by atoms with Crippen molar-refractivity contribution in [2.75, 3.05) is 19.9 Å². The van der Waals surface area contributed by atoms with Crippen molar-refractivity contribution in [1.82, 2.24) is 4.90 Å². The molecule has 1 amide bonds. The molecule has 6 nitrogen and oxygen atoms in total. The maximum absolute atomic E-state index is 12.6. The molecule has 0 saturated heterocycles. The van der Waals surface area contributed by atoms with Gasteiger partial charge in [0.05, 0.1) is 12.3 Å². The molecular weight excluding hydrogens is 320 g/mol. The molecule has 1 fully saturated rings. The lowest BCUT2D eigenvalue weighted by molar-refractivity contribution is -0.136. The van der Waals surface area contributed by atoms with Crippen molar-refractivity contribution in [3.63, 3.8) is 0 Å². The molecule has 2 heterocycles. The van der Waals surface area contributed by atoms with Gasteiger partial charge in [-0.3, -0.25) is 4.79 Å². The van der Waals surface area contributed by atoms with E-state index in [1.807, 2.05) is 30.0 Å². The van der Waals surface area contributed by atoms with Gasteiger partial charge in [0.15, 0.2) is 17.6 Å². The van der Waals surface area contributed by atoms with Gasteiger partial charge in [-0.15, -0.1) is 0 Å². The van der Waals surface area contributed by atoms with Gasteiger partial charge in [-0.05, 0) is 38.0 Å². The monoisotopic (exact) mass is 344 g/mol. The quantitative estimate of drug-likeness (QED) is 0.824. The summed E-state index contributed by atoms with van der Waals surface area (Å²) in [5.41, 5.74) is 1.88. The van der Waals surface area contributed by atoms with E-state index in [0.29, 0.717) is 19.5 Å². The summed E-state index contributed by atoms with van der Waals surface area (Å²) in [5, 5.41) is 4.24. The Labute approximate surface area is 147 Å². The van der Waals surface area contributed by atoms with Crippen LogP contribution >= 0.6 is 0 Å². The molecule has 1 atom stereocenters. The largest absolute Gasteiger partial charge is 0.454 e. The van der Waals surface area contributed by atoms with Crippen molar-refractivity contribution in [1.29, 1.82) is 0 Å². The Balaban J connectivity index is 1.37. The highest BCUT2D eigenvalue weighted by Gasteiger charge is 2.31. The van der Waals surface area contributed by atoms with Crippen LogP contribution in [0.3, 0.4) is 0 Å². The molecule has 0 radical (unpaired) electrons. The molecule has 1 saturated carbocycles. The Kier molecular flexibility index (Phi) is 4.51. The lowest BCUT2D eigenvalue weighted by Crippen LogP contribution is -2.40. The lowest BCUT2D eigenvalue weighted by atomic mass is 10.0. The number of rotatable bonds is 5. The highest BCUT2D eigenvalue weighted by molar-refractivity contribution is 6.01. The Hall–Kier alpha value is -2.24. The highest BCUT2D eigenvalue weighted by Crippen LogP contribution is 2.34.